The van der Waals surface area contributed by atoms with Crippen molar-refractivity contribution in [2.24, 2.45) is 0 Å². The maximum Gasteiger partial charge on any atom is 0.389 e. The zero-order chi connectivity index (χ0) is 14.5. The van der Waals surface area contributed by atoms with Crippen LogP contribution in [0.1, 0.15) is 25.0 Å². The molecule has 0 aliphatic carbocycles. The Morgan fingerprint density at radius 2 is 1.68 bits per heavy atom. The first kappa shape index (κ1) is 15.8. The Labute approximate surface area is 111 Å². The van der Waals surface area contributed by atoms with E-state index in [1.807, 2.05) is 6.07 Å². The summed E-state index contributed by atoms with van der Waals surface area (Å²) < 4.78 is 22.2. The molecule has 0 unspecified atom stereocenters. The Morgan fingerprint density at radius 3 is 2.00 bits per heavy atom. The number of nitrogens with zero attached hydrogens (tertiary/aromatic N) is 1. The third-order valence-corrected chi connectivity index (χ3v) is 3.73. The summed E-state index contributed by atoms with van der Waals surface area (Å²) in [5, 5.41) is 8.73. The van der Waals surface area contributed by atoms with E-state index in [-0.39, 0.29) is 18.8 Å². The SMILES string of the molecule is CCOC(OCC)(c1ccc(C#N)cc1)P(=O)(O)O. The molecule has 1 rings (SSSR count). The summed E-state index contributed by atoms with van der Waals surface area (Å²) >= 11 is 0. The summed E-state index contributed by atoms with van der Waals surface area (Å²) in [6.45, 7) is 3.39. The molecule has 0 aliphatic heterocycles. The average molecular weight is 285 g/mol. The van der Waals surface area contributed by atoms with Gasteiger partial charge in [-0.05, 0) is 26.0 Å². The van der Waals surface area contributed by atoms with Crippen molar-refractivity contribution >= 4 is 7.60 Å². The molecule has 0 aromatic heterocycles. The van der Waals surface area contributed by atoms with Crippen molar-refractivity contribution in [2.75, 3.05) is 13.2 Å². The van der Waals surface area contributed by atoms with Gasteiger partial charge in [0.2, 0.25) is 0 Å². The van der Waals surface area contributed by atoms with Gasteiger partial charge in [-0.2, -0.15) is 5.26 Å². The lowest BCUT2D eigenvalue weighted by molar-refractivity contribution is -0.192. The van der Waals surface area contributed by atoms with Crippen molar-refractivity contribution in [3.63, 3.8) is 0 Å². The van der Waals surface area contributed by atoms with Gasteiger partial charge in [0.1, 0.15) is 0 Å². The predicted molar refractivity (Wildman–Crippen MR) is 68.1 cm³/mol. The van der Waals surface area contributed by atoms with Crippen LogP contribution in [0.5, 0.6) is 0 Å². The maximum absolute atomic E-state index is 11.8. The molecule has 7 heteroatoms. The molecule has 0 bridgehead atoms. The zero-order valence-corrected chi connectivity index (χ0v) is 11.6. The molecule has 1 aromatic carbocycles. The van der Waals surface area contributed by atoms with Gasteiger partial charge >= 0.3 is 7.60 Å². The first-order valence-corrected chi connectivity index (χ1v) is 7.36. The van der Waals surface area contributed by atoms with Crippen LogP contribution < -0.4 is 0 Å². The largest absolute Gasteiger partial charge is 0.389 e. The van der Waals surface area contributed by atoms with Gasteiger partial charge in [0.25, 0.3) is 5.53 Å². The molecule has 6 nitrogen and oxygen atoms in total. The minimum Gasteiger partial charge on any atom is -0.337 e. The van der Waals surface area contributed by atoms with E-state index in [1.165, 1.54) is 24.3 Å². The van der Waals surface area contributed by atoms with Gasteiger partial charge in [-0.15, -0.1) is 0 Å². The van der Waals surface area contributed by atoms with Crippen molar-refractivity contribution in [3.05, 3.63) is 35.4 Å². The van der Waals surface area contributed by atoms with Gasteiger partial charge in [-0.1, -0.05) is 12.1 Å². The summed E-state index contributed by atoms with van der Waals surface area (Å²) in [4.78, 5) is 19.1. The summed E-state index contributed by atoms with van der Waals surface area (Å²) in [6.07, 6.45) is 0. The smallest absolute Gasteiger partial charge is 0.337 e. The molecule has 104 valence electrons. The number of hydrogen-bond donors (Lipinski definition) is 2. The van der Waals surface area contributed by atoms with Crippen LogP contribution in [0.15, 0.2) is 24.3 Å². The fourth-order valence-corrected chi connectivity index (χ4v) is 2.77. The van der Waals surface area contributed by atoms with Crippen LogP contribution in [0.4, 0.5) is 0 Å². The molecule has 0 saturated heterocycles. The van der Waals surface area contributed by atoms with Gasteiger partial charge in [-0.25, -0.2) is 0 Å². The molecule has 0 amide bonds. The van der Waals surface area contributed by atoms with E-state index in [4.69, 9.17) is 14.7 Å². The zero-order valence-electron chi connectivity index (χ0n) is 10.7. The second kappa shape index (κ2) is 6.29. The molecule has 0 atom stereocenters. The van der Waals surface area contributed by atoms with Crippen molar-refractivity contribution in [1.29, 1.82) is 5.26 Å². The van der Waals surface area contributed by atoms with Crippen molar-refractivity contribution in [1.82, 2.24) is 0 Å². The molecule has 0 aliphatic rings. The van der Waals surface area contributed by atoms with E-state index in [1.54, 1.807) is 13.8 Å². The normalized spacial score (nSPS) is 12.2. The molecule has 0 radical (unpaired) electrons. The van der Waals surface area contributed by atoms with Gasteiger partial charge in [-0.3, -0.25) is 4.57 Å². The van der Waals surface area contributed by atoms with Crippen molar-refractivity contribution in [3.8, 4) is 6.07 Å². The van der Waals surface area contributed by atoms with Crippen molar-refractivity contribution in [2.45, 2.75) is 19.4 Å². The lowest BCUT2D eigenvalue weighted by atomic mass is 10.1. The van der Waals surface area contributed by atoms with Crippen LogP contribution in [0.3, 0.4) is 0 Å². The third-order valence-electron chi connectivity index (χ3n) is 2.44. The lowest BCUT2D eigenvalue weighted by Crippen LogP contribution is -2.33. The molecule has 0 spiro atoms. The fraction of sp³-hybridized carbons (Fsp3) is 0.417. The van der Waals surface area contributed by atoms with Gasteiger partial charge in [0, 0.05) is 18.8 Å². The Bertz CT molecular complexity index is 496. The number of benzene rings is 1. The number of hydrogen-bond acceptors (Lipinski definition) is 4. The Morgan fingerprint density at radius 1 is 1.21 bits per heavy atom. The number of nitriles is 1. The highest BCUT2D eigenvalue weighted by atomic mass is 31.2. The quantitative estimate of drug-likeness (QED) is 0.612. The highest BCUT2D eigenvalue weighted by Crippen LogP contribution is 2.58. The molecule has 1 aromatic rings. The highest BCUT2D eigenvalue weighted by Gasteiger charge is 2.51. The second-order valence-corrected chi connectivity index (χ2v) is 5.36. The Kier molecular flexibility index (Phi) is 5.24. The first-order chi connectivity index (χ1) is 8.91. The van der Waals surface area contributed by atoms with Crippen LogP contribution in [0.25, 0.3) is 0 Å². The van der Waals surface area contributed by atoms with Crippen LogP contribution in [-0.2, 0) is 19.6 Å². The van der Waals surface area contributed by atoms with Crippen molar-refractivity contribution < 1.29 is 23.8 Å². The number of rotatable bonds is 6. The lowest BCUT2D eigenvalue weighted by Gasteiger charge is -2.33. The van der Waals surface area contributed by atoms with Gasteiger partial charge < -0.3 is 19.3 Å². The Balaban J connectivity index is 3.36. The topological polar surface area (TPSA) is 99.8 Å². The summed E-state index contributed by atoms with van der Waals surface area (Å²) in [7, 11) is -4.71. The van der Waals surface area contributed by atoms with Crippen LogP contribution in [0.2, 0.25) is 0 Å². The maximum atomic E-state index is 11.8. The van der Waals surface area contributed by atoms with Gasteiger partial charge in [0.15, 0.2) is 0 Å². The minimum atomic E-state index is -4.71. The van der Waals surface area contributed by atoms with Crippen LogP contribution in [0, 0.1) is 11.3 Å². The first-order valence-electron chi connectivity index (χ1n) is 5.75. The van der Waals surface area contributed by atoms with E-state index in [9.17, 15) is 14.4 Å². The van der Waals surface area contributed by atoms with E-state index in [0.29, 0.717) is 5.56 Å². The molecular formula is C12H16NO5P. The van der Waals surface area contributed by atoms with E-state index in [0.717, 1.165) is 0 Å². The van der Waals surface area contributed by atoms with Crippen LogP contribution in [-0.4, -0.2) is 23.0 Å². The fourth-order valence-electron chi connectivity index (χ4n) is 1.69. The molecule has 0 heterocycles. The molecule has 19 heavy (non-hydrogen) atoms. The monoisotopic (exact) mass is 285 g/mol. The van der Waals surface area contributed by atoms with E-state index >= 15 is 0 Å². The molecule has 0 saturated carbocycles. The summed E-state index contributed by atoms with van der Waals surface area (Å²) in [5.41, 5.74) is -1.55. The minimum absolute atomic E-state index is 0.0745. The number of ether oxygens (including phenoxy) is 2. The second-order valence-electron chi connectivity index (χ2n) is 3.68. The molecular weight excluding hydrogens is 269 g/mol. The molecule has 0 fully saturated rings. The Hall–Kier alpha value is -1.22. The van der Waals surface area contributed by atoms with Crippen LogP contribution >= 0.6 is 7.60 Å². The summed E-state index contributed by atoms with van der Waals surface area (Å²) in [6, 6.07) is 7.68. The predicted octanol–water partition coefficient (Wildman–Crippen LogP) is 1.92. The highest BCUT2D eigenvalue weighted by molar-refractivity contribution is 7.52. The average Bonchev–Trinajstić information content (AvgIpc) is 2.37. The van der Waals surface area contributed by atoms with E-state index in [2.05, 4.69) is 0 Å². The van der Waals surface area contributed by atoms with E-state index < -0.39 is 13.1 Å². The van der Waals surface area contributed by atoms with Gasteiger partial charge in [0.05, 0.1) is 11.6 Å². The third kappa shape index (κ3) is 3.21. The summed E-state index contributed by atoms with van der Waals surface area (Å²) in [5.74, 6) is 0. The molecule has 2 N–H and O–H groups in total. The standard InChI is InChI=1S/C12H16NO5P/c1-3-17-12(18-4-2,19(14,15)16)11-7-5-10(9-13)6-8-11/h5-8H,3-4H2,1-2H3,(H2,14,15,16).